The van der Waals surface area contributed by atoms with Crippen molar-refractivity contribution < 1.29 is 0 Å². The van der Waals surface area contributed by atoms with Gasteiger partial charge in [-0.05, 0) is 18.6 Å². The Morgan fingerprint density at radius 1 is 1.33 bits per heavy atom. The molecule has 0 aliphatic carbocycles. The highest BCUT2D eigenvalue weighted by Gasteiger charge is 2.07. The van der Waals surface area contributed by atoms with E-state index in [9.17, 15) is 0 Å². The molecule has 0 atom stereocenters. The summed E-state index contributed by atoms with van der Waals surface area (Å²) in [5, 5.41) is 3.31. The molecule has 78 valence electrons. The van der Waals surface area contributed by atoms with Crippen LogP contribution in [0.1, 0.15) is 19.8 Å². The van der Waals surface area contributed by atoms with Crippen LogP contribution < -0.4 is 5.32 Å². The fourth-order valence-electron chi connectivity index (χ4n) is 1.43. The average molecular weight is 217 g/mol. The van der Waals surface area contributed by atoms with E-state index in [4.69, 9.17) is 0 Å². The first kappa shape index (κ1) is 10.4. The summed E-state index contributed by atoms with van der Waals surface area (Å²) in [5.74, 6) is 0. The Balaban J connectivity index is 2.06. The minimum absolute atomic E-state index is 1.15. The Morgan fingerprint density at radius 2 is 2.20 bits per heavy atom. The van der Waals surface area contributed by atoms with Crippen LogP contribution >= 0.6 is 11.8 Å². The molecule has 0 bridgehead atoms. The number of allylic oxidation sites excluding steroid dienone is 2. The number of benzene rings is 1. The Labute approximate surface area is 95.3 Å². The highest BCUT2D eigenvalue weighted by Crippen LogP contribution is 2.36. The molecule has 0 fully saturated rings. The molecule has 0 radical (unpaired) electrons. The molecule has 0 spiro atoms. The summed E-state index contributed by atoms with van der Waals surface area (Å²) in [4.78, 5) is 2.58. The van der Waals surface area contributed by atoms with Gasteiger partial charge < -0.3 is 5.32 Å². The maximum Gasteiger partial charge on any atom is 0.0521 e. The van der Waals surface area contributed by atoms with Gasteiger partial charge in [-0.15, -0.1) is 0 Å². The standard InChI is InChI=1S/C13H15NS/c1-2-3-4-7-11-10-14-12-8-5-6-9-13(12)15-11/h4-10,14H,2-3H2,1H3/b7-4+. The lowest BCUT2D eigenvalue weighted by molar-refractivity contribution is 0.958. The van der Waals surface area contributed by atoms with Crippen molar-refractivity contribution in [1.29, 1.82) is 0 Å². The quantitative estimate of drug-likeness (QED) is 0.805. The maximum absolute atomic E-state index is 3.31. The molecule has 1 aromatic rings. The van der Waals surface area contributed by atoms with Crippen molar-refractivity contribution in [2.75, 3.05) is 5.32 Å². The molecule has 1 nitrogen and oxygen atoms in total. The van der Waals surface area contributed by atoms with Crippen LogP contribution in [0.3, 0.4) is 0 Å². The summed E-state index contributed by atoms with van der Waals surface area (Å²) in [5.41, 5.74) is 1.20. The monoisotopic (exact) mass is 217 g/mol. The smallest absolute Gasteiger partial charge is 0.0521 e. The number of fused-ring (bicyclic) bond motifs is 1. The first-order valence-electron chi connectivity index (χ1n) is 5.30. The van der Waals surface area contributed by atoms with Gasteiger partial charge in [-0.1, -0.05) is 49.4 Å². The second-order valence-corrected chi connectivity index (χ2v) is 4.60. The highest BCUT2D eigenvalue weighted by atomic mass is 32.2. The van der Waals surface area contributed by atoms with E-state index >= 15 is 0 Å². The lowest BCUT2D eigenvalue weighted by atomic mass is 10.3. The SMILES string of the molecule is CCC/C=C/C1=CNc2ccccc2S1. The molecule has 0 saturated carbocycles. The minimum atomic E-state index is 1.15. The summed E-state index contributed by atoms with van der Waals surface area (Å²) < 4.78 is 0. The predicted molar refractivity (Wildman–Crippen MR) is 68.1 cm³/mol. The van der Waals surface area contributed by atoms with Gasteiger partial charge in [-0.3, -0.25) is 0 Å². The van der Waals surface area contributed by atoms with Crippen molar-refractivity contribution >= 4 is 17.4 Å². The molecule has 1 aliphatic heterocycles. The largest absolute Gasteiger partial charge is 0.360 e. The molecule has 2 heteroatoms. The number of rotatable bonds is 3. The molecular formula is C13H15NS. The third-order valence-corrected chi connectivity index (χ3v) is 3.29. The zero-order valence-corrected chi connectivity index (χ0v) is 9.68. The number of hydrogen-bond donors (Lipinski definition) is 1. The molecule has 2 rings (SSSR count). The first-order chi connectivity index (χ1) is 7.40. The summed E-state index contributed by atoms with van der Waals surface area (Å²) in [6.07, 6.45) is 8.85. The van der Waals surface area contributed by atoms with Gasteiger partial charge in [0, 0.05) is 16.0 Å². The van der Waals surface area contributed by atoms with Crippen LogP contribution in [-0.2, 0) is 0 Å². The molecule has 0 aromatic heterocycles. The van der Waals surface area contributed by atoms with E-state index in [-0.39, 0.29) is 0 Å². The summed E-state index contributed by atoms with van der Waals surface area (Å²) in [6.45, 7) is 2.19. The number of unbranched alkanes of at least 4 members (excludes halogenated alkanes) is 1. The van der Waals surface area contributed by atoms with Crippen molar-refractivity contribution in [2.45, 2.75) is 24.7 Å². The lowest BCUT2D eigenvalue weighted by Gasteiger charge is -2.15. The van der Waals surface area contributed by atoms with E-state index in [0.29, 0.717) is 0 Å². The molecule has 1 N–H and O–H groups in total. The summed E-state index contributed by atoms with van der Waals surface area (Å²) in [7, 11) is 0. The van der Waals surface area contributed by atoms with Crippen LogP contribution in [0.4, 0.5) is 5.69 Å². The van der Waals surface area contributed by atoms with Crippen molar-refractivity contribution in [2.24, 2.45) is 0 Å². The first-order valence-corrected chi connectivity index (χ1v) is 6.12. The van der Waals surface area contributed by atoms with Crippen LogP contribution in [0, 0.1) is 0 Å². The van der Waals surface area contributed by atoms with Gasteiger partial charge >= 0.3 is 0 Å². The third-order valence-electron chi connectivity index (χ3n) is 2.22. The second-order valence-electron chi connectivity index (χ2n) is 3.48. The van der Waals surface area contributed by atoms with Crippen LogP contribution in [0.5, 0.6) is 0 Å². The fraction of sp³-hybridized carbons (Fsp3) is 0.231. The van der Waals surface area contributed by atoms with E-state index in [1.54, 1.807) is 0 Å². The molecule has 1 aliphatic rings. The van der Waals surface area contributed by atoms with Gasteiger partial charge in [0.05, 0.1) is 5.69 Å². The number of thioether (sulfide) groups is 1. The van der Waals surface area contributed by atoms with Crippen LogP contribution in [0.15, 0.2) is 52.4 Å². The summed E-state index contributed by atoms with van der Waals surface area (Å²) >= 11 is 1.82. The Morgan fingerprint density at radius 3 is 3.07 bits per heavy atom. The van der Waals surface area contributed by atoms with Crippen molar-refractivity contribution in [3.8, 4) is 0 Å². The van der Waals surface area contributed by atoms with E-state index in [1.807, 2.05) is 11.8 Å². The minimum Gasteiger partial charge on any atom is -0.360 e. The Hall–Kier alpha value is -1.15. The molecule has 0 amide bonds. The maximum atomic E-state index is 3.31. The van der Waals surface area contributed by atoms with Gasteiger partial charge in [0.15, 0.2) is 0 Å². The molecule has 0 unspecified atom stereocenters. The molecule has 1 aromatic carbocycles. The molecule has 15 heavy (non-hydrogen) atoms. The van der Waals surface area contributed by atoms with E-state index in [2.05, 4.69) is 54.9 Å². The fourth-order valence-corrected chi connectivity index (χ4v) is 2.35. The highest BCUT2D eigenvalue weighted by molar-refractivity contribution is 8.03. The van der Waals surface area contributed by atoms with Crippen LogP contribution in [0.2, 0.25) is 0 Å². The number of nitrogens with one attached hydrogen (secondary N) is 1. The van der Waals surface area contributed by atoms with Gasteiger partial charge in [0.1, 0.15) is 0 Å². The predicted octanol–water partition coefficient (Wildman–Crippen LogP) is 4.40. The van der Waals surface area contributed by atoms with E-state index in [0.717, 1.165) is 6.42 Å². The average Bonchev–Trinajstić information content (AvgIpc) is 2.29. The van der Waals surface area contributed by atoms with Crippen LogP contribution in [-0.4, -0.2) is 0 Å². The van der Waals surface area contributed by atoms with Gasteiger partial charge in [0.2, 0.25) is 0 Å². The normalized spacial score (nSPS) is 14.6. The van der Waals surface area contributed by atoms with Gasteiger partial charge in [-0.25, -0.2) is 0 Å². The van der Waals surface area contributed by atoms with Crippen LogP contribution in [0.25, 0.3) is 0 Å². The number of anilines is 1. The van der Waals surface area contributed by atoms with Crippen molar-refractivity contribution in [3.05, 3.63) is 47.5 Å². The van der Waals surface area contributed by atoms with E-state index in [1.165, 1.54) is 21.9 Å². The van der Waals surface area contributed by atoms with E-state index < -0.39 is 0 Å². The number of para-hydroxylation sites is 1. The third kappa shape index (κ3) is 2.66. The Bertz CT molecular complexity index is 393. The van der Waals surface area contributed by atoms with Crippen molar-refractivity contribution in [3.63, 3.8) is 0 Å². The van der Waals surface area contributed by atoms with Gasteiger partial charge in [0.25, 0.3) is 0 Å². The molecule has 0 saturated heterocycles. The molecule has 1 heterocycles. The Kier molecular flexibility index (Phi) is 3.51. The second kappa shape index (κ2) is 5.08. The molecular weight excluding hydrogens is 202 g/mol. The lowest BCUT2D eigenvalue weighted by Crippen LogP contribution is -1.96. The van der Waals surface area contributed by atoms with Crippen molar-refractivity contribution in [1.82, 2.24) is 0 Å². The van der Waals surface area contributed by atoms with Gasteiger partial charge in [-0.2, -0.15) is 0 Å². The zero-order valence-electron chi connectivity index (χ0n) is 8.86. The number of hydrogen-bond acceptors (Lipinski definition) is 2. The summed E-state index contributed by atoms with van der Waals surface area (Å²) in [6, 6.07) is 8.38. The zero-order chi connectivity index (χ0) is 10.5. The topological polar surface area (TPSA) is 12.0 Å².